The molecule has 0 unspecified atom stereocenters. The summed E-state index contributed by atoms with van der Waals surface area (Å²) in [6.07, 6.45) is 1.76. The van der Waals surface area contributed by atoms with Crippen LogP contribution in [0, 0.1) is 0 Å². The maximum Gasteiger partial charge on any atom is 0.573 e. The minimum Gasteiger partial charge on any atom is -0.257 e. The zero-order chi connectivity index (χ0) is 9.23. The van der Waals surface area contributed by atoms with Crippen molar-refractivity contribution in [2.45, 2.75) is 0 Å². The molecule has 0 radical (unpaired) electrons. The molecule has 0 bridgehead atoms. The van der Waals surface area contributed by atoms with Crippen molar-refractivity contribution in [1.82, 2.24) is 0 Å². The standard InChI is InChI=1S/C7H10O5/c1-3-5-9-11-7(8)12-10-6-4-2/h3-4H,1-2,5-6H2. The first-order valence-electron chi connectivity index (χ1n) is 3.16. The third kappa shape index (κ3) is 6.79. The highest BCUT2D eigenvalue weighted by molar-refractivity contribution is 5.58. The Morgan fingerprint density at radius 2 is 1.50 bits per heavy atom. The fourth-order valence-electron chi connectivity index (χ4n) is 0.274. The van der Waals surface area contributed by atoms with Crippen molar-refractivity contribution >= 4 is 6.16 Å². The maximum absolute atomic E-state index is 10.4. The molecule has 0 aromatic rings. The SMILES string of the molecule is C=CCOOC(=O)OOCC=C. The van der Waals surface area contributed by atoms with Gasteiger partial charge in [0.25, 0.3) is 0 Å². The molecule has 0 fully saturated rings. The van der Waals surface area contributed by atoms with E-state index in [0.29, 0.717) is 0 Å². The normalized spacial score (nSPS) is 8.67. The van der Waals surface area contributed by atoms with Crippen LogP contribution in [0.2, 0.25) is 0 Å². The highest BCUT2D eigenvalue weighted by atomic mass is 17.3. The van der Waals surface area contributed by atoms with Crippen molar-refractivity contribution in [3.63, 3.8) is 0 Å². The summed E-state index contributed by atoms with van der Waals surface area (Å²) < 4.78 is 0. The number of hydrogen-bond donors (Lipinski definition) is 0. The minimum atomic E-state index is -1.07. The summed E-state index contributed by atoms with van der Waals surface area (Å²) >= 11 is 0. The van der Waals surface area contributed by atoms with Gasteiger partial charge in [-0.2, -0.15) is 14.6 Å². The van der Waals surface area contributed by atoms with Crippen LogP contribution in [0.5, 0.6) is 0 Å². The molecule has 0 heterocycles. The zero-order valence-corrected chi connectivity index (χ0v) is 6.52. The van der Waals surface area contributed by atoms with Gasteiger partial charge in [-0.3, -0.25) is 9.78 Å². The lowest BCUT2D eigenvalue weighted by Crippen LogP contribution is -2.08. The smallest absolute Gasteiger partial charge is 0.257 e. The van der Waals surface area contributed by atoms with Crippen LogP contribution in [0.15, 0.2) is 25.3 Å². The third-order valence-electron chi connectivity index (χ3n) is 0.626. The molecule has 0 amide bonds. The van der Waals surface area contributed by atoms with Gasteiger partial charge in [0, 0.05) is 0 Å². The molecule has 0 aliphatic carbocycles. The van der Waals surface area contributed by atoms with Crippen LogP contribution in [0.1, 0.15) is 0 Å². The zero-order valence-electron chi connectivity index (χ0n) is 6.52. The first-order chi connectivity index (χ1) is 5.81. The average Bonchev–Trinajstić information content (AvgIpc) is 2.06. The predicted octanol–water partition coefficient (Wildman–Crippen LogP) is 1.37. The lowest BCUT2D eigenvalue weighted by molar-refractivity contribution is -0.311. The van der Waals surface area contributed by atoms with E-state index in [2.05, 4.69) is 32.7 Å². The fraction of sp³-hybridized carbons (Fsp3) is 0.286. The molecule has 0 saturated heterocycles. The molecule has 0 rings (SSSR count). The van der Waals surface area contributed by atoms with Crippen molar-refractivity contribution < 1.29 is 24.3 Å². The minimum absolute atomic E-state index is 0.0938. The Bertz CT molecular complexity index is 138. The van der Waals surface area contributed by atoms with Gasteiger partial charge in [-0.15, -0.1) is 13.2 Å². The number of carbonyl (C=O) groups is 1. The first-order valence-corrected chi connectivity index (χ1v) is 3.16. The monoisotopic (exact) mass is 174 g/mol. The van der Waals surface area contributed by atoms with Gasteiger partial charge in [0.15, 0.2) is 0 Å². The predicted molar refractivity (Wildman–Crippen MR) is 39.9 cm³/mol. The fourth-order valence-corrected chi connectivity index (χ4v) is 0.274. The molecule has 0 aromatic carbocycles. The lowest BCUT2D eigenvalue weighted by Gasteiger charge is -1.99. The Balaban J connectivity index is 3.21. The van der Waals surface area contributed by atoms with Gasteiger partial charge in [-0.25, -0.2) is 0 Å². The van der Waals surface area contributed by atoms with Gasteiger partial charge in [-0.1, -0.05) is 12.2 Å². The van der Waals surface area contributed by atoms with Gasteiger partial charge in [0.05, 0.1) is 0 Å². The summed E-state index contributed by atoms with van der Waals surface area (Å²) in [5.41, 5.74) is 0. The average molecular weight is 174 g/mol. The first kappa shape index (κ1) is 10.7. The Morgan fingerprint density at radius 3 is 1.83 bits per heavy atom. The van der Waals surface area contributed by atoms with Gasteiger partial charge >= 0.3 is 6.16 Å². The molecular weight excluding hydrogens is 164 g/mol. The molecule has 0 N–H and O–H groups in total. The molecule has 5 nitrogen and oxygen atoms in total. The summed E-state index contributed by atoms with van der Waals surface area (Å²) in [5.74, 6) is 0. The van der Waals surface area contributed by atoms with Crippen LogP contribution in [-0.4, -0.2) is 19.4 Å². The summed E-state index contributed by atoms with van der Waals surface area (Å²) in [6.45, 7) is 6.85. The van der Waals surface area contributed by atoms with Crippen LogP contribution < -0.4 is 0 Å². The van der Waals surface area contributed by atoms with Crippen LogP contribution in [-0.2, 0) is 19.6 Å². The van der Waals surface area contributed by atoms with Gasteiger partial charge in [0.2, 0.25) is 0 Å². The summed E-state index contributed by atoms with van der Waals surface area (Å²) in [7, 11) is 0. The molecule has 0 aromatic heterocycles. The van der Waals surface area contributed by atoms with Gasteiger partial charge in [0.1, 0.15) is 13.2 Å². The topological polar surface area (TPSA) is 54.0 Å². The number of hydrogen-bond acceptors (Lipinski definition) is 5. The van der Waals surface area contributed by atoms with E-state index in [1.54, 1.807) is 0 Å². The van der Waals surface area contributed by atoms with Crippen LogP contribution in [0.25, 0.3) is 0 Å². The van der Waals surface area contributed by atoms with Gasteiger partial charge < -0.3 is 0 Å². The second kappa shape index (κ2) is 7.77. The van der Waals surface area contributed by atoms with Crippen LogP contribution >= 0.6 is 0 Å². The van der Waals surface area contributed by atoms with Crippen molar-refractivity contribution in [2.75, 3.05) is 13.2 Å². The molecule has 68 valence electrons. The molecule has 12 heavy (non-hydrogen) atoms. The Labute approximate surface area is 70.0 Å². The molecule has 0 aliphatic rings. The quantitative estimate of drug-likeness (QED) is 0.263. The number of carbonyl (C=O) groups excluding carboxylic acids is 1. The summed E-state index contributed by atoms with van der Waals surface area (Å²) in [6, 6.07) is 0. The van der Waals surface area contributed by atoms with Crippen molar-refractivity contribution in [2.24, 2.45) is 0 Å². The molecular formula is C7H10O5. The second-order valence-corrected chi connectivity index (χ2v) is 1.56. The second-order valence-electron chi connectivity index (χ2n) is 1.56. The Kier molecular flexibility index (Phi) is 6.91. The van der Waals surface area contributed by atoms with E-state index in [-0.39, 0.29) is 13.2 Å². The van der Waals surface area contributed by atoms with E-state index in [1.807, 2.05) is 0 Å². The van der Waals surface area contributed by atoms with E-state index >= 15 is 0 Å². The third-order valence-corrected chi connectivity index (χ3v) is 0.626. The van der Waals surface area contributed by atoms with Crippen LogP contribution in [0.3, 0.4) is 0 Å². The van der Waals surface area contributed by atoms with E-state index in [9.17, 15) is 4.79 Å². The van der Waals surface area contributed by atoms with E-state index in [1.165, 1.54) is 12.2 Å². The molecule has 5 heteroatoms. The number of rotatable bonds is 6. The molecule has 0 atom stereocenters. The molecule has 0 aliphatic heterocycles. The summed E-state index contributed by atoms with van der Waals surface area (Å²) in [5, 5.41) is 0. The molecule has 0 saturated carbocycles. The van der Waals surface area contributed by atoms with Crippen LogP contribution in [0.4, 0.5) is 4.79 Å². The van der Waals surface area contributed by atoms with E-state index < -0.39 is 6.16 Å². The van der Waals surface area contributed by atoms with E-state index in [4.69, 9.17) is 0 Å². The highest BCUT2D eigenvalue weighted by Crippen LogP contribution is 1.88. The highest BCUT2D eigenvalue weighted by Gasteiger charge is 2.04. The van der Waals surface area contributed by atoms with Crippen molar-refractivity contribution in [1.29, 1.82) is 0 Å². The molecule has 0 spiro atoms. The maximum atomic E-state index is 10.4. The van der Waals surface area contributed by atoms with Crippen molar-refractivity contribution in [3.8, 4) is 0 Å². The largest absolute Gasteiger partial charge is 0.573 e. The van der Waals surface area contributed by atoms with E-state index in [0.717, 1.165) is 0 Å². The van der Waals surface area contributed by atoms with Crippen molar-refractivity contribution in [3.05, 3.63) is 25.3 Å². The van der Waals surface area contributed by atoms with Gasteiger partial charge in [-0.05, 0) is 0 Å². The lowest BCUT2D eigenvalue weighted by atomic mass is 10.7. The Morgan fingerprint density at radius 1 is 1.08 bits per heavy atom. The Hall–Kier alpha value is -1.33. The summed E-state index contributed by atoms with van der Waals surface area (Å²) in [4.78, 5) is 27.1.